The SMILES string of the molecule is CCCNc1ncnc(NC(C)c2ccccc2)c1OC. The zero-order valence-corrected chi connectivity index (χ0v) is 12.8. The first-order valence-corrected chi connectivity index (χ1v) is 7.20. The van der Waals surface area contributed by atoms with E-state index in [0.717, 1.165) is 18.8 Å². The summed E-state index contributed by atoms with van der Waals surface area (Å²) >= 11 is 0. The van der Waals surface area contributed by atoms with Crippen molar-refractivity contribution in [2.24, 2.45) is 0 Å². The van der Waals surface area contributed by atoms with Crippen LogP contribution in [0.2, 0.25) is 0 Å². The number of nitrogens with one attached hydrogen (secondary N) is 2. The average molecular weight is 286 g/mol. The van der Waals surface area contributed by atoms with Crippen LogP contribution in [0.25, 0.3) is 0 Å². The lowest BCUT2D eigenvalue weighted by atomic mass is 10.1. The van der Waals surface area contributed by atoms with E-state index in [-0.39, 0.29) is 6.04 Å². The van der Waals surface area contributed by atoms with E-state index < -0.39 is 0 Å². The normalized spacial score (nSPS) is 11.8. The minimum atomic E-state index is 0.133. The maximum absolute atomic E-state index is 5.46. The van der Waals surface area contributed by atoms with Gasteiger partial charge in [-0.1, -0.05) is 37.3 Å². The molecule has 0 spiro atoms. The lowest BCUT2D eigenvalue weighted by Crippen LogP contribution is -2.11. The standard InChI is InChI=1S/C16H22N4O/c1-4-10-17-15-14(21-3)16(19-11-18-15)20-12(2)13-8-6-5-7-9-13/h5-9,11-12H,4,10H2,1-3H3,(H2,17,18,19,20). The van der Waals surface area contributed by atoms with Gasteiger partial charge in [0, 0.05) is 6.54 Å². The van der Waals surface area contributed by atoms with Gasteiger partial charge >= 0.3 is 0 Å². The minimum Gasteiger partial charge on any atom is -0.490 e. The van der Waals surface area contributed by atoms with Gasteiger partial charge in [-0.15, -0.1) is 0 Å². The molecule has 0 aliphatic heterocycles. The summed E-state index contributed by atoms with van der Waals surface area (Å²) in [6.45, 7) is 5.05. The van der Waals surface area contributed by atoms with Crippen LogP contribution in [0, 0.1) is 0 Å². The van der Waals surface area contributed by atoms with E-state index in [0.29, 0.717) is 11.6 Å². The van der Waals surface area contributed by atoms with Crippen LogP contribution in [0.1, 0.15) is 31.9 Å². The summed E-state index contributed by atoms with van der Waals surface area (Å²) in [6, 6.07) is 10.4. The zero-order valence-electron chi connectivity index (χ0n) is 12.8. The molecule has 1 unspecified atom stereocenters. The summed E-state index contributed by atoms with van der Waals surface area (Å²) in [5, 5.41) is 6.63. The molecule has 0 bridgehead atoms. The molecule has 21 heavy (non-hydrogen) atoms. The quantitative estimate of drug-likeness (QED) is 0.816. The Morgan fingerprint density at radius 2 is 1.86 bits per heavy atom. The molecule has 112 valence electrons. The molecule has 1 aromatic heterocycles. The highest BCUT2D eigenvalue weighted by molar-refractivity contribution is 5.64. The third kappa shape index (κ3) is 3.84. The Balaban J connectivity index is 2.19. The summed E-state index contributed by atoms with van der Waals surface area (Å²) in [6.07, 6.45) is 2.57. The van der Waals surface area contributed by atoms with Crippen molar-refractivity contribution < 1.29 is 4.74 Å². The number of benzene rings is 1. The van der Waals surface area contributed by atoms with E-state index in [2.05, 4.69) is 46.6 Å². The Morgan fingerprint density at radius 3 is 2.52 bits per heavy atom. The van der Waals surface area contributed by atoms with Crippen LogP contribution in [0.5, 0.6) is 5.75 Å². The Labute approximate surface area is 125 Å². The largest absolute Gasteiger partial charge is 0.490 e. The van der Waals surface area contributed by atoms with Crippen molar-refractivity contribution in [1.82, 2.24) is 9.97 Å². The molecule has 0 amide bonds. The molecule has 2 N–H and O–H groups in total. The number of rotatable bonds is 7. The Bertz CT molecular complexity index is 559. The lowest BCUT2D eigenvalue weighted by Gasteiger charge is -2.18. The summed E-state index contributed by atoms with van der Waals surface area (Å²) in [4.78, 5) is 8.54. The highest BCUT2D eigenvalue weighted by Gasteiger charge is 2.14. The van der Waals surface area contributed by atoms with Gasteiger partial charge < -0.3 is 15.4 Å². The van der Waals surface area contributed by atoms with Gasteiger partial charge in [0.05, 0.1) is 13.2 Å². The van der Waals surface area contributed by atoms with Crippen LogP contribution >= 0.6 is 0 Å². The summed E-state index contributed by atoms with van der Waals surface area (Å²) in [7, 11) is 1.63. The van der Waals surface area contributed by atoms with Gasteiger partial charge in [0.1, 0.15) is 6.33 Å². The number of ether oxygens (including phenoxy) is 1. The third-order valence-corrected chi connectivity index (χ3v) is 3.20. The van der Waals surface area contributed by atoms with Gasteiger partial charge in [-0.2, -0.15) is 0 Å². The number of aromatic nitrogens is 2. The minimum absolute atomic E-state index is 0.133. The molecular weight excluding hydrogens is 264 g/mol. The van der Waals surface area contributed by atoms with Crippen LogP contribution < -0.4 is 15.4 Å². The Morgan fingerprint density at radius 1 is 1.14 bits per heavy atom. The first kappa shape index (κ1) is 15.1. The van der Waals surface area contributed by atoms with Crippen molar-refractivity contribution in [3.63, 3.8) is 0 Å². The highest BCUT2D eigenvalue weighted by Crippen LogP contribution is 2.31. The zero-order chi connectivity index (χ0) is 15.1. The number of nitrogens with zero attached hydrogens (tertiary/aromatic N) is 2. The molecule has 0 radical (unpaired) electrons. The van der Waals surface area contributed by atoms with Crippen molar-refractivity contribution in [3.05, 3.63) is 42.2 Å². The fourth-order valence-corrected chi connectivity index (χ4v) is 2.07. The van der Waals surface area contributed by atoms with Crippen molar-refractivity contribution in [1.29, 1.82) is 0 Å². The molecule has 1 aromatic carbocycles. The second-order valence-corrected chi connectivity index (χ2v) is 4.81. The molecule has 2 aromatic rings. The maximum atomic E-state index is 5.46. The summed E-state index contributed by atoms with van der Waals surface area (Å²) in [5.41, 5.74) is 1.20. The molecule has 2 rings (SSSR count). The van der Waals surface area contributed by atoms with Crippen molar-refractivity contribution >= 4 is 11.6 Å². The van der Waals surface area contributed by atoms with E-state index in [9.17, 15) is 0 Å². The fourth-order valence-electron chi connectivity index (χ4n) is 2.07. The lowest BCUT2D eigenvalue weighted by molar-refractivity contribution is 0.414. The fraction of sp³-hybridized carbons (Fsp3) is 0.375. The monoisotopic (exact) mass is 286 g/mol. The summed E-state index contributed by atoms with van der Waals surface area (Å²) < 4.78 is 5.46. The average Bonchev–Trinajstić information content (AvgIpc) is 2.53. The molecule has 5 nitrogen and oxygen atoms in total. The second kappa shape index (κ2) is 7.47. The number of methoxy groups -OCH3 is 1. The molecule has 1 atom stereocenters. The van der Waals surface area contributed by atoms with E-state index in [1.165, 1.54) is 5.56 Å². The molecule has 0 fully saturated rings. The first-order valence-electron chi connectivity index (χ1n) is 7.20. The van der Waals surface area contributed by atoms with Gasteiger partial charge in [0.2, 0.25) is 5.75 Å². The van der Waals surface area contributed by atoms with Crippen LogP contribution in [-0.2, 0) is 0 Å². The third-order valence-electron chi connectivity index (χ3n) is 3.20. The van der Waals surface area contributed by atoms with Crippen LogP contribution in [0.15, 0.2) is 36.7 Å². The van der Waals surface area contributed by atoms with E-state index in [1.54, 1.807) is 13.4 Å². The predicted octanol–water partition coefficient (Wildman–Crippen LogP) is 3.48. The molecule has 0 aliphatic carbocycles. The molecule has 1 heterocycles. The number of hydrogen-bond acceptors (Lipinski definition) is 5. The molecule has 0 saturated carbocycles. The second-order valence-electron chi connectivity index (χ2n) is 4.81. The molecule has 0 aliphatic rings. The predicted molar refractivity (Wildman–Crippen MR) is 85.8 cm³/mol. The topological polar surface area (TPSA) is 59.1 Å². The highest BCUT2D eigenvalue weighted by atomic mass is 16.5. The van der Waals surface area contributed by atoms with Gasteiger partial charge in [-0.3, -0.25) is 0 Å². The van der Waals surface area contributed by atoms with E-state index >= 15 is 0 Å². The molecular formula is C16H22N4O. The van der Waals surface area contributed by atoms with Crippen molar-refractivity contribution in [2.45, 2.75) is 26.3 Å². The Hall–Kier alpha value is -2.30. The van der Waals surface area contributed by atoms with Crippen LogP contribution in [0.4, 0.5) is 11.6 Å². The first-order chi connectivity index (χ1) is 10.3. The van der Waals surface area contributed by atoms with Gasteiger partial charge in [-0.05, 0) is 18.9 Å². The van der Waals surface area contributed by atoms with Gasteiger partial charge in [0.25, 0.3) is 0 Å². The van der Waals surface area contributed by atoms with Crippen molar-refractivity contribution in [3.8, 4) is 5.75 Å². The maximum Gasteiger partial charge on any atom is 0.204 e. The Kier molecular flexibility index (Phi) is 5.37. The van der Waals surface area contributed by atoms with Gasteiger partial charge in [0.15, 0.2) is 11.6 Å². The molecule has 5 heteroatoms. The smallest absolute Gasteiger partial charge is 0.204 e. The van der Waals surface area contributed by atoms with E-state index in [1.807, 2.05) is 18.2 Å². The number of hydrogen-bond donors (Lipinski definition) is 2. The van der Waals surface area contributed by atoms with Crippen LogP contribution in [0.3, 0.4) is 0 Å². The van der Waals surface area contributed by atoms with Gasteiger partial charge in [-0.25, -0.2) is 9.97 Å². The van der Waals surface area contributed by atoms with Crippen LogP contribution in [-0.4, -0.2) is 23.6 Å². The number of anilines is 2. The van der Waals surface area contributed by atoms with E-state index in [4.69, 9.17) is 4.74 Å². The van der Waals surface area contributed by atoms with Crippen molar-refractivity contribution in [2.75, 3.05) is 24.3 Å². The summed E-state index contributed by atoms with van der Waals surface area (Å²) in [5.74, 6) is 2.06. The molecule has 0 saturated heterocycles.